The SMILES string of the molecule is C[C@H](C(=O)Nc1ccccc1[N+](=O)[O-])[NH+]1CCN(c2ccc(F)cc2)CC1. The molecule has 2 aromatic rings. The lowest BCUT2D eigenvalue weighted by molar-refractivity contribution is -0.914. The first-order valence-corrected chi connectivity index (χ1v) is 8.85. The summed E-state index contributed by atoms with van der Waals surface area (Å²) in [7, 11) is 0. The topological polar surface area (TPSA) is 79.9 Å². The van der Waals surface area contributed by atoms with Crippen molar-refractivity contribution >= 4 is 23.0 Å². The summed E-state index contributed by atoms with van der Waals surface area (Å²) in [5, 5.41) is 13.8. The van der Waals surface area contributed by atoms with Crippen molar-refractivity contribution < 1.29 is 19.0 Å². The van der Waals surface area contributed by atoms with Crippen LogP contribution >= 0.6 is 0 Å². The van der Waals surface area contributed by atoms with Gasteiger partial charge in [0.2, 0.25) is 0 Å². The Morgan fingerprint density at radius 3 is 2.44 bits per heavy atom. The van der Waals surface area contributed by atoms with Crippen LogP contribution in [0.1, 0.15) is 6.92 Å². The van der Waals surface area contributed by atoms with Crippen molar-refractivity contribution in [1.82, 2.24) is 0 Å². The second kappa shape index (κ2) is 8.13. The van der Waals surface area contributed by atoms with E-state index in [1.165, 1.54) is 24.3 Å². The fraction of sp³-hybridized carbons (Fsp3) is 0.316. The first kappa shape index (κ1) is 18.8. The van der Waals surface area contributed by atoms with Crippen LogP contribution in [0.2, 0.25) is 0 Å². The molecule has 8 heteroatoms. The Morgan fingerprint density at radius 2 is 1.81 bits per heavy atom. The van der Waals surface area contributed by atoms with E-state index in [0.717, 1.165) is 36.8 Å². The Morgan fingerprint density at radius 1 is 1.19 bits per heavy atom. The van der Waals surface area contributed by atoms with Gasteiger partial charge in [-0.1, -0.05) is 12.1 Å². The summed E-state index contributed by atoms with van der Waals surface area (Å²) in [5.74, 6) is -0.502. The van der Waals surface area contributed by atoms with E-state index in [4.69, 9.17) is 0 Å². The Kier molecular flexibility index (Phi) is 5.66. The fourth-order valence-corrected chi connectivity index (χ4v) is 3.30. The molecule has 0 aromatic heterocycles. The van der Waals surface area contributed by atoms with Gasteiger partial charge >= 0.3 is 0 Å². The normalized spacial score (nSPS) is 16.0. The first-order valence-electron chi connectivity index (χ1n) is 8.85. The molecule has 0 spiro atoms. The number of para-hydroxylation sites is 2. The van der Waals surface area contributed by atoms with E-state index in [2.05, 4.69) is 10.2 Å². The van der Waals surface area contributed by atoms with E-state index < -0.39 is 4.92 Å². The first-order chi connectivity index (χ1) is 13.0. The standard InChI is InChI=1S/C19H21FN4O3/c1-14(19(25)21-17-4-2-3-5-18(17)24(26)27)22-10-12-23(13-11-22)16-8-6-15(20)7-9-16/h2-9,14H,10-13H2,1H3,(H,21,25)/p+1/t14-/m1/s1. The van der Waals surface area contributed by atoms with Gasteiger partial charge in [0.15, 0.2) is 6.04 Å². The number of hydrogen-bond donors (Lipinski definition) is 2. The highest BCUT2D eigenvalue weighted by molar-refractivity contribution is 5.95. The summed E-state index contributed by atoms with van der Waals surface area (Å²) in [6.45, 7) is 4.84. The maximum absolute atomic E-state index is 13.1. The Bertz CT molecular complexity index is 820. The average Bonchev–Trinajstić information content (AvgIpc) is 2.68. The van der Waals surface area contributed by atoms with E-state index in [0.29, 0.717) is 0 Å². The third kappa shape index (κ3) is 4.40. The Labute approximate surface area is 156 Å². The number of nitrogens with one attached hydrogen (secondary N) is 2. The van der Waals surface area contributed by atoms with Crippen LogP contribution in [0.15, 0.2) is 48.5 Å². The van der Waals surface area contributed by atoms with Crippen LogP contribution < -0.4 is 15.1 Å². The molecule has 1 heterocycles. The van der Waals surface area contributed by atoms with Gasteiger partial charge in [-0.15, -0.1) is 0 Å². The predicted octanol–water partition coefficient (Wildman–Crippen LogP) is 1.47. The van der Waals surface area contributed by atoms with E-state index in [1.54, 1.807) is 24.3 Å². The predicted molar refractivity (Wildman–Crippen MR) is 100 cm³/mol. The highest BCUT2D eigenvalue weighted by atomic mass is 19.1. The zero-order valence-electron chi connectivity index (χ0n) is 15.0. The largest absolute Gasteiger partial charge is 0.360 e. The van der Waals surface area contributed by atoms with Crippen molar-refractivity contribution in [3.8, 4) is 0 Å². The van der Waals surface area contributed by atoms with Crippen molar-refractivity contribution in [2.24, 2.45) is 0 Å². The summed E-state index contributed by atoms with van der Waals surface area (Å²) < 4.78 is 13.1. The molecule has 7 nitrogen and oxygen atoms in total. The van der Waals surface area contributed by atoms with Crippen LogP contribution in [0.4, 0.5) is 21.5 Å². The lowest BCUT2D eigenvalue weighted by Gasteiger charge is -2.36. The van der Waals surface area contributed by atoms with Crippen LogP contribution in [0.5, 0.6) is 0 Å². The summed E-state index contributed by atoms with van der Waals surface area (Å²) in [4.78, 5) is 26.4. The number of nitrogens with zero attached hydrogens (tertiary/aromatic N) is 2. The molecule has 0 unspecified atom stereocenters. The number of carbonyl (C=O) groups excluding carboxylic acids is 1. The summed E-state index contributed by atoms with van der Waals surface area (Å²) in [5.41, 5.74) is 1.06. The minimum absolute atomic E-state index is 0.117. The van der Waals surface area contributed by atoms with Gasteiger partial charge in [-0.25, -0.2) is 4.39 Å². The van der Waals surface area contributed by atoms with Gasteiger partial charge in [0.25, 0.3) is 11.6 Å². The molecule has 142 valence electrons. The molecule has 1 saturated heterocycles. The molecular weight excluding hydrogens is 351 g/mol. The fourth-order valence-electron chi connectivity index (χ4n) is 3.30. The van der Waals surface area contributed by atoms with Crippen molar-refractivity contribution in [2.45, 2.75) is 13.0 Å². The summed E-state index contributed by atoms with van der Waals surface area (Å²) >= 11 is 0. The van der Waals surface area contributed by atoms with E-state index in [-0.39, 0.29) is 29.1 Å². The van der Waals surface area contributed by atoms with Gasteiger partial charge in [-0.05, 0) is 37.3 Å². The maximum atomic E-state index is 13.1. The number of amides is 1. The number of anilines is 2. The molecule has 1 amide bonds. The monoisotopic (exact) mass is 373 g/mol. The third-order valence-electron chi connectivity index (χ3n) is 4.96. The smallest absolute Gasteiger partial charge is 0.292 e. The molecule has 27 heavy (non-hydrogen) atoms. The molecule has 0 saturated carbocycles. The lowest BCUT2D eigenvalue weighted by atomic mass is 10.2. The van der Waals surface area contributed by atoms with Crippen LogP contribution in [0.25, 0.3) is 0 Å². The van der Waals surface area contributed by atoms with Gasteiger partial charge in [-0.2, -0.15) is 0 Å². The van der Waals surface area contributed by atoms with Gasteiger partial charge in [0, 0.05) is 11.8 Å². The zero-order valence-corrected chi connectivity index (χ0v) is 15.0. The highest BCUT2D eigenvalue weighted by Gasteiger charge is 2.30. The number of piperazine rings is 1. The van der Waals surface area contributed by atoms with Crippen LogP contribution in [-0.2, 0) is 4.79 Å². The van der Waals surface area contributed by atoms with E-state index in [9.17, 15) is 19.3 Å². The number of halogens is 1. The number of benzene rings is 2. The third-order valence-corrected chi connectivity index (χ3v) is 4.96. The van der Waals surface area contributed by atoms with Gasteiger partial charge in [-0.3, -0.25) is 14.9 Å². The van der Waals surface area contributed by atoms with Crippen LogP contribution in [0.3, 0.4) is 0 Å². The maximum Gasteiger partial charge on any atom is 0.292 e. The Balaban J connectivity index is 1.59. The second-order valence-corrected chi connectivity index (χ2v) is 6.61. The molecule has 0 radical (unpaired) electrons. The molecule has 0 aliphatic carbocycles. The van der Waals surface area contributed by atoms with Gasteiger partial charge in [0.05, 0.1) is 31.1 Å². The molecule has 2 N–H and O–H groups in total. The lowest BCUT2D eigenvalue weighted by Crippen LogP contribution is -3.19. The molecule has 1 aliphatic rings. The van der Waals surface area contributed by atoms with Crippen molar-refractivity contribution in [2.75, 3.05) is 36.4 Å². The van der Waals surface area contributed by atoms with Gasteiger partial charge in [0.1, 0.15) is 11.5 Å². The Hall–Kier alpha value is -3.00. The van der Waals surface area contributed by atoms with Crippen molar-refractivity contribution in [1.29, 1.82) is 0 Å². The molecule has 1 fully saturated rings. The van der Waals surface area contributed by atoms with Crippen LogP contribution in [-0.4, -0.2) is 43.1 Å². The van der Waals surface area contributed by atoms with E-state index in [1.807, 2.05) is 6.92 Å². The van der Waals surface area contributed by atoms with Crippen molar-refractivity contribution in [3.63, 3.8) is 0 Å². The number of quaternary nitrogens is 1. The van der Waals surface area contributed by atoms with E-state index >= 15 is 0 Å². The quantitative estimate of drug-likeness (QED) is 0.614. The molecule has 1 atom stereocenters. The molecule has 2 aromatic carbocycles. The summed E-state index contributed by atoms with van der Waals surface area (Å²) in [6, 6.07) is 12.2. The second-order valence-electron chi connectivity index (χ2n) is 6.61. The highest BCUT2D eigenvalue weighted by Crippen LogP contribution is 2.23. The minimum atomic E-state index is -0.505. The summed E-state index contributed by atoms with van der Waals surface area (Å²) in [6.07, 6.45) is 0. The minimum Gasteiger partial charge on any atom is -0.360 e. The molecular formula is C19H22FN4O3+. The molecule has 1 aliphatic heterocycles. The molecule has 0 bridgehead atoms. The zero-order chi connectivity index (χ0) is 19.4. The number of nitro benzene ring substituents is 1. The number of nitro groups is 1. The van der Waals surface area contributed by atoms with Crippen molar-refractivity contribution in [3.05, 3.63) is 64.5 Å². The number of hydrogen-bond acceptors (Lipinski definition) is 4. The number of rotatable bonds is 5. The van der Waals surface area contributed by atoms with Gasteiger partial charge < -0.3 is 15.1 Å². The average molecular weight is 373 g/mol. The molecule has 3 rings (SSSR count). The van der Waals surface area contributed by atoms with Crippen LogP contribution in [0, 0.1) is 15.9 Å². The number of carbonyl (C=O) groups is 1.